The van der Waals surface area contributed by atoms with Crippen LogP contribution in [0.4, 0.5) is 0 Å². The predicted octanol–water partition coefficient (Wildman–Crippen LogP) is 1.16. The van der Waals surface area contributed by atoms with Gasteiger partial charge in [0.1, 0.15) is 0 Å². The summed E-state index contributed by atoms with van der Waals surface area (Å²) in [6.45, 7) is 4.24. The molecule has 0 aliphatic rings. The molecule has 0 saturated carbocycles. The van der Waals surface area contributed by atoms with E-state index in [-0.39, 0.29) is 5.56 Å². The molecule has 64 valence electrons. The van der Waals surface area contributed by atoms with Crippen molar-refractivity contribution in [2.45, 2.75) is 13.0 Å². The first kappa shape index (κ1) is 8.52. The van der Waals surface area contributed by atoms with Gasteiger partial charge in [-0.25, -0.2) is 4.79 Å². The molecule has 1 N–H and O–H groups in total. The quantitative estimate of drug-likeness (QED) is 0.683. The Morgan fingerprint density at radius 1 is 1.83 bits per heavy atom. The molecule has 1 heterocycles. The molecule has 0 saturated heterocycles. The van der Waals surface area contributed by atoms with Crippen molar-refractivity contribution in [1.29, 1.82) is 0 Å². The van der Waals surface area contributed by atoms with Crippen LogP contribution in [0.2, 0.25) is 0 Å². The second-order valence-electron chi connectivity index (χ2n) is 2.37. The Labute approximate surface area is 70.1 Å². The number of hydrogen-bond donors (Lipinski definition) is 1. The van der Waals surface area contributed by atoms with Crippen molar-refractivity contribution in [2.75, 3.05) is 0 Å². The summed E-state index contributed by atoms with van der Waals surface area (Å²) in [5.74, 6) is -0.945. The molecule has 12 heavy (non-hydrogen) atoms. The van der Waals surface area contributed by atoms with E-state index in [0.717, 1.165) is 6.42 Å². The Kier molecular flexibility index (Phi) is 2.63. The van der Waals surface area contributed by atoms with Crippen molar-refractivity contribution in [1.82, 2.24) is 9.78 Å². The summed E-state index contributed by atoms with van der Waals surface area (Å²) < 4.78 is 1.59. The largest absolute Gasteiger partial charge is 0.478 e. The lowest BCUT2D eigenvalue weighted by Gasteiger charge is -1.94. The van der Waals surface area contributed by atoms with Crippen LogP contribution in [-0.4, -0.2) is 20.9 Å². The van der Waals surface area contributed by atoms with E-state index >= 15 is 0 Å². The van der Waals surface area contributed by atoms with Crippen molar-refractivity contribution < 1.29 is 9.90 Å². The molecule has 1 aromatic rings. The van der Waals surface area contributed by atoms with Gasteiger partial charge >= 0.3 is 5.97 Å². The van der Waals surface area contributed by atoms with E-state index in [1.807, 2.05) is 0 Å². The van der Waals surface area contributed by atoms with Crippen molar-refractivity contribution in [3.63, 3.8) is 0 Å². The van der Waals surface area contributed by atoms with Crippen LogP contribution < -0.4 is 0 Å². The van der Waals surface area contributed by atoms with Crippen LogP contribution in [0.1, 0.15) is 16.8 Å². The highest BCUT2D eigenvalue weighted by Gasteiger charge is 2.04. The average molecular weight is 166 g/mol. The van der Waals surface area contributed by atoms with E-state index in [1.165, 1.54) is 12.4 Å². The van der Waals surface area contributed by atoms with Crippen LogP contribution in [0.25, 0.3) is 0 Å². The highest BCUT2D eigenvalue weighted by atomic mass is 16.4. The van der Waals surface area contributed by atoms with Gasteiger partial charge in [0, 0.05) is 12.7 Å². The maximum absolute atomic E-state index is 10.4. The topological polar surface area (TPSA) is 55.1 Å². The van der Waals surface area contributed by atoms with E-state index in [0.29, 0.717) is 6.54 Å². The maximum Gasteiger partial charge on any atom is 0.338 e. The number of aromatic nitrogens is 2. The maximum atomic E-state index is 10.4. The predicted molar refractivity (Wildman–Crippen MR) is 44.0 cm³/mol. The Bertz CT molecular complexity index is 291. The molecule has 0 radical (unpaired) electrons. The number of allylic oxidation sites excluding steroid dienone is 1. The molecule has 0 unspecified atom stereocenters. The Balaban J connectivity index is 2.64. The molecule has 0 aromatic carbocycles. The average Bonchev–Trinajstić information content (AvgIpc) is 2.48. The summed E-state index contributed by atoms with van der Waals surface area (Å²) in [6.07, 6.45) is 5.40. The summed E-state index contributed by atoms with van der Waals surface area (Å²) in [5.41, 5.74) is 0.221. The van der Waals surface area contributed by atoms with Gasteiger partial charge in [-0.1, -0.05) is 6.08 Å². The smallest absolute Gasteiger partial charge is 0.338 e. The van der Waals surface area contributed by atoms with E-state index in [9.17, 15) is 4.79 Å². The van der Waals surface area contributed by atoms with Crippen LogP contribution in [0.5, 0.6) is 0 Å². The third-order valence-electron chi connectivity index (χ3n) is 1.44. The lowest BCUT2D eigenvalue weighted by atomic mass is 10.4. The normalized spacial score (nSPS) is 9.67. The minimum Gasteiger partial charge on any atom is -0.478 e. The Hall–Kier alpha value is -1.58. The summed E-state index contributed by atoms with van der Waals surface area (Å²) in [6, 6.07) is 0. The second-order valence-corrected chi connectivity index (χ2v) is 2.37. The molecule has 1 aromatic heterocycles. The summed E-state index contributed by atoms with van der Waals surface area (Å²) in [4.78, 5) is 10.4. The summed E-state index contributed by atoms with van der Waals surface area (Å²) >= 11 is 0. The van der Waals surface area contributed by atoms with Crippen LogP contribution >= 0.6 is 0 Å². The molecule has 0 aliphatic carbocycles. The lowest BCUT2D eigenvalue weighted by Crippen LogP contribution is -1.97. The third-order valence-corrected chi connectivity index (χ3v) is 1.44. The van der Waals surface area contributed by atoms with Gasteiger partial charge < -0.3 is 5.11 Å². The number of carbonyl (C=O) groups is 1. The van der Waals surface area contributed by atoms with Gasteiger partial charge in [-0.15, -0.1) is 6.58 Å². The minimum atomic E-state index is -0.945. The molecule has 0 spiro atoms. The summed E-state index contributed by atoms with van der Waals surface area (Å²) in [7, 11) is 0. The molecule has 4 nitrogen and oxygen atoms in total. The SMILES string of the molecule is C=CCCn1cc(C(=O)O)cn1. The van der Waals surface area contributed by atoms with Gasteiger partial charge in [-0.05, 0) is 6.42 Å². The lowest BCUT2D eigenvalue weighted by molar-refractivity contribution is 0.0697. The number of hydrogen-bond acceptors (Lipinski definition) is 2. The van der Waals surface area contributed by atoms with Gasteiger partial charge in [-0.3, -0.25) is 4.68 Å². The number of nitrogens with zero attached hydrogens (tertiary/aromatic N) is 2. The molecular formula is C8H10N2O2. The first-order valence-electron chi connectivity index (χ1n) is 3.60. The van der Waals surface area contributed by atoms with Gasteiger partial charge in [0.05, 0.1) is 11.8 Å². The standard InChI is InChI=1S/C8H10N2O2/c1-2-3-4-10-6-7(5-9-10)8(11)12/h2,5-6H,1,3-4H2,(H,11,12). The zero-order valence-corrected chi connectivity index (χ0v) is 6.60. The second kappa shape index (κ2) is 3.71. The highest BCUT2D eigenvalue weighted by molar-refractivity contribution is 5.86. The molecular weight excluding hydrogens is 156 g/mol. The van der Waals surface area contributed by atoms with E-state index < -0.39 is 5.97 Å². The molecule has 0 amide bonds. The molecule has 0 atom stereocenters. The summed E-state index contributed by atoms with van der Waals surface area (Å²) in [5, 5.41) is 12.4. The Morgan fingerprint density at radius 2 is 2.58 bits per heavy atom. The molecule has 0 bridgehead atoms. The zero-order chi connectivity index (χ0) is 8.97. The number of aryl methyl sites for hydroxylation is 1. The molecule has 0 fully saturated rings. The monoisotopic (exact) mass is 166 g/mol. The van der Waals surface area contributed by atoms with Gasteiger partial charge in [0.2, 0.25) is 0 Å². The van der Waals surface area contributed by atoms with Gasteiger partial charge in [0.25, 0.3) is 0 Å². The van der Waals surface area contributed by atoms with Gasteiger partial charge in [0.15, 0.2) is 0 Å². The first-order chi connectivity index (χ1) is 5.74. The van der Waals surface area contributed by atoms with Crippen LogP contribution in [0.3, 0.4) is 0 Å². The number of carboxylic acid groups (broad SMARTS) is 1. The molecule has 1 rings (SSSR count). The molecule has 0 aliphatic heterocycles. The fraction of sp³-hybridized carbons (Fsp3) is 0.250. The highest BCUT2D eigenvalue weighted by Crippen LogP contribution is 1.98. The first-order valence-corrected chi connectivity index (χ1v) is 3.60. The van der Waals surface area contributed by atoms with Crippen LogP contribution in [0, 0.1) is 0 Å². The van der Waals surface area contributed by atoms with Crippen LogP contribution in [0.15, 0.2) is 25.0 Å². The van der Waals surface area contributed by atoms with Gasteiger partial charge in [-0.2, -0.15) is 5.10 Å². The number of rotatable bonds is 4. The van der Waals surface area contributed by atoms with Crippen molar-refractivity contribution >= 4 is 5.97 Å². The van der Waals surface area contributed by atoms with E-state index in [1.54, 1.807) is 10.8 Å². The Morgan fingerprint density at radius 3 is 3.08 bits per heavy atom. The fourth-order valence-corrected chi connectivity index (χ4v) is 0.820. The third kappa shape index (κ3) is 1.95. The number of carboxylic acids is 1. The van der Waals surface area contributed by atoms with Crippen molar-refractivity contribution in [2.24, 2.45) is 0 Å². The van der Waals surface area contributed by atoms with Crippen LogP contribution in [-0.2, 0) is 6.54 Å². The van der Waals surface area contributed by atoms with E-state index in [4.69, 9.17) is 5.11 Å². The van der Waals surface area contributed by atoms with Crippen molar-refractivity contribution in [3.05, 3.63) is 30.6 Å². The fourth-order valence-electron chi connectivity index (χ4n) is 0.820. The zero-order valence-electron chi connectivity index (χ0n) is 6.60. The molecule has 4 heteroatoms. The van der Waals surface area contributed by atoms with E-state index in [2.05, 4.69) is 11.7 Å². The van der Waals surface area contributed by atoms with Crippen molar-refractivity contribution in [3.8, 4) is 0 Å². The minimum absolute atomic E-state index is 0.221. The number of aromatic carboxylic acids is 1.